The molecule has 0 unspecified atom stereocenters. The van der Waals surface area contributed by atoms with Gasteiger partial charge in [0.15, 0.2) is 0 Å². The van der Waals surface area contributed by atoms with Gasteiger partial charge in [-0.1, -0.05) is 47.5 Å². The minimum atomic E-state index is -0.513. The maximum absolute atomic E-state index is 12.3. The number of H-pyrrole nitrogens is 1. The Kier molecular flexibility index (Phi) is 5.85. The topological polar surface area (TPSA) is 99.2 Å². The molecule has 0 aliphatic rings. The highest BCUT2D eigenvalue weighted by Gasteiger charge is 2.09. The van der Waals surface area contributed by atoms with E-state index in [0.29, 0.717) is 21.8 Å². The van der Waals surface area contributed by atoms with Crippen molar-refractivity contribution in [1.29, 1.82) is 0 Å². The van der Waals surface area contributed by atoms with Crippen LogP contribution in [0.1, 0.15) is 15.9 Å². The number of nitrogens with one attached hydrogen (secondary N) is 3. The molecule has 0 bridgehead atoms. The number of halogens is 2. The van der Waals surface area contributed by atoms with E-state index in [1.54, 1.807) is 48.5 Å². The second kappa shape index (κ2) is 8.48. The van der Waals surface area contributed by atoms with E-state index in [1.807, 2.05) is 0 Å². The minimum Gasteiger partial charge on any atom is -0.322 e. The van der Waals surface area contributed by atoms with Crippen LogP contribution in [0.25, 0.3) is 0 Å². The Morgan fingerprint density at radius 1 is 1.15 bits per heavy atom. The van der Waals surface area contributed by atoms with Gasteiger partial charge in [0, 0.05) is 5.69 Å². The van der Waals surface area contributed by atoms with E-state index in [4.69, 9.17) is 23.2 Å². The van der Waals surface area contributed by atoms with Gasteiger partial charge in [-0.25, -0.2) is 5.10 Å². The van der Waals surface area contributed by atoms with Gasteiger partial charge in [0.2, 0.25) is 0 Å². The standard InChI is InChI=1S/C18H13Cl2N5O2/c19-14-7-2-1-6-13(14)17(26)23-12-5-3-4-11(8-12)9-21-24-15-10-22-25-18(27)16(15)20/h1-10H,(H,23,26)(H2,24,25,27)/b21-9-. The zero-order valence-corrected chi connectivity index (χ0v) is 15.3. The van der Waals surface area contributed by atoms with Crippen molar-refractivity contribution >= 4 is 46.7 Å². The van der Waals surface area contributed by atoms with Crippen LogP contribution >= 0.6 is 23.2 Å². The van der Waals surface area contributed by atoms with Gasteiger partial charge in [0.05, 0.1) is 23.0 Å². The van der Waals surface area contributed by atoms with Crippen LogP contribution in [0.15, 0.2) is 64.6 Å². The van der Waals surface area contributed by atoms with E-state index >= 15 is 0 Å². The lowest BCUT2D eigenvalue weighted by Crippen LogP contribution is -2.12. The predicted octanol–water partition coefficient (Wildman–Crippen LogP) is 3.78. The van der Waals surface area contributed by atoms with E-state index in [1.165, 1.54) is 12.4 Å². The molecule has 7 nitrogen and oxygen atoms in total. The van der Waals surface area contributed by atoms with Crippen molar-refractivity contribution in [3.05, 3.63) is 86.3 Å². The van der Waals surface area contributed by atoms with Crippen molar-refractivity contribution in [3.63, 3.8) is 0 Å². The molecule has 27 heavy (non-hydrogen) atoms. The number of aromatic nitrogens is 2. The first kappa shape index (κ1) is 18.6. The van der Waals surface area contributed by atoms with E-state index in [2.05, 4.69) is 26.0 Å². The fraction of sp³-hybridized carbons (Fsp3) is 0. The van der Waals surface area contributed by atoms with Crippen LogP contribution in [0.4, 0.5) is 11.4 Å². The van der Waals surface area contributed by atoms with Gasteiger partial charge < -0.3 is 5.32 Å². The first-order chi connectivity index (χ1) is 13.0. The number of nitrogens with zero attached hydrogens (tertiary/aromatic N) is 2. The summed E-state index contributed by atoms with van der Waals surface area (Å²) in [5.41, 5.74) is 4.10. The Bertz CT molecular complexity index is 1070. The van der Waals surface area contributed by atoms with Crippen molar-refractivity contribution in [3.8, 4) is 0 Å². The molecule has 136 valence electrons. The second-order valence-corrected chi connectivity index (χ2v) is 6.14. The highest BCUT2D eigenvalue weighted by Crippen LogP contribution is 2.18. The lowest BCUT2D eigenvalue weighted by atomic mass is 10.2. The molecule has 0 fully saturated rings. The Morgan fingerprint density at radius 2 is 1.96 bits per heavy atom. The second-order valence-electron chi connectivity index (χ2n) is 5.36. The molecule has 3 rings (SSSR count). The predicted molar refractivity (Wildman–Crippen MR) is 107 cm³/mol. The molecule has 1 heterocycles. The zero-order chi connectivity index (χ0) is 19.2. The molecule has 0 aliphatic heterocycles. The third-order valence-corrected chi connectivity index (χ3v) is 4.16. The van der Waals surface area contributed by atoms with Gasteiger partial charge >= 0.3 is 0 Å². The van der Waals surface area contributed by atoms with Gasteiger partial charge in [-0.15, -0.1) is 0 Å². The molecule has 9 heteroatoms. The molecule has 0 radical (unpaired) electrons. The van der Waals surface area contributed by atoms with Crippen LogP contribution in [0.5, 0.6) is 0 Å². The molecule has 0 atom stereocenters. The number of amides is 1. The number of carbonyl (C=O) groups is 1. The fourth-order valence-corrected chi connectivity index (χ4v) is 2.53. The quantitative estimate of drug-likeness (QED) is 0.447. The molecule has 1 aromatic heterocycles. The normalized spacial score (nSPS) is 10.7. The first-order valence-electron chi connectivity index (χ1n) is 7.73. The summed E-state index contributed by atoms with van der Waals surface area (Å²) in [7, 11) is 0. The van der Waals surface area contributed by atoms with Gasteiger partial charge in [-0.3, -0.25) is 15.0 Å². The van der Waals surface area contributed by atoms with Crippen molar-refractivity contribution in [2.24, 2.45) is 5.10 Å². The van der Waals surface area contributed by atoms with Crippen LogP contribution in [0.3, 0.4) is 0 Å². The summed E-state index contributed by atoms with van der Waals surface area (Å²) in [5, 5.41) is 13.0. The molecule has 0 aliphatic carbocycles. The maximum atomic E-state index is 12.3. The van der Waals surface area contributed by atoms with Crippen molar-refractivity contribution in [2.75, 3.05) is 10.7 Å². The van der Waals surface area contributed by atoms with E-state index in [-0.39, 0.29) is 16.6 Å². The van der Waals surface area contributed by atoms with Crippen LogP contribution in [-0.4, -0.2) is 22.3 Å². The summed E-state index contributed by atoms with van der Waals surface area (Å²) < 4.78 is 0. The van der Waals surface area contributed by atoms with Crippen molar-refractivity contribution in [1.82, 2.24) is 10.2 Å². The molecule has 3 aromatic rings. The van der Waals surface area contributed by atoms with Crippen LogP contribution in [0, 0.1) is 0 Å². The van der Waals surface area contributed by atoms with Gasteiger partial charge in [0.1, 0.15) is 10.7 Å². The highest BCUT2D eigenvalue weighted by atomic mass is 35.5. The lowest BCUT2D eigenvalue weighted by molar-refractivity contribution is 0.102. The average molecular weight is 402 g/mol. The molecular formula is C18H13Cl2N5O2. The Morgan fingerprint density at radius 3 is 2.78 bits per heavy atom. The SMILES string of the molecule is O=C(Nc1cccc(/C=N\Nc2cn[nH]c(=O)c2Cl)c1)c1ccccc1Cl. The summed E-state index contributed by atoms with van der Waals surface area (Å²) >= 11 is 11.9. The number of rotatable bonds is 5. The third kappa shape index (κ3) is 4.72. The number of benzene rings is 2. The Balaban J connectivity index is 1.70. The summed E-state index contributed by atoms with van der Waals surface area (Å²) in [4.78, 5) is 23.7. The summed E-state index contributed by atoms with van der Waals surface area (Å²) in [6, 6.07) is 13.8. The molecule has 1 amide bonds. The molecule has 0 spiro atoms. The highest BCUT2D eigenvalue weighted by molar-refractivity contribution is 6.34. The molecule has 0 saturated heterocycles. The van der Waals surface area contributed by atoms with E-state index < -0.39 is 5.56 Å². The minimum absolute atomic E-state index is 0.0390. The van der Waals surface area contributed by atoms with E-state index in [9.17, 15) is 9.59 Å². The molecule has 0 saturated carbocycles. The largest absolute Gasteiger partial charge is 0.322 e. The smallest absolute Gasteiger partial charge is 0.285 e. The third-order valence-electron chi connectivity index (χ3n) is 3.46. The monoisotopic (exact) mass is 401 g/mol. The van der Waals surface area contributed by atoms with Gasteiger partial charge in [-0.05, 0) is 29.8 Å². The Hall–Kier alpha value is -3.16. The van der Waals surface area contributed by atoms with Crippen molar-refractivity contribution < 1.29 is 4.79 Å². The summed E-state index contributed by atoms with van der Waals surface area (Å²) in [6.45, 7) is 0. The molecule has 3 N–H and O–H groups in total. The summed E-state index contributed by atoms with van der Waals surface area (Å²) in [5.74, 6) is -0.311. The van der Waals surface area contributed by atoms with Crippen LogP contribution in [-0.2, 0) is 0 Å². The van der Waals surface area contributed by atoms with Gasteiger partial charge in [-0.2, -0.15) is 10.2 Å². The number of hydrazone groups is 1. The van der Waals surface area contributed by atoms with E-state index in [0.717, 1.165) is 0 Å². The number of aromatic amines is 1. The number of anilines is 2. The zero-order valence-electron chi connectivity index (χ0n) is 13.7. The number of hydrogen-bond donors (Lipinski definition) is 3. The maximum Gasteiger partial charge on any atom is 0.285 e. The Labute approximate surface area is 164 Å². The number of carbonyl (C=O) groups excluding carboxylic acids is 1. The lowest BCUT2D eigenvalue weighted by Gasteiger charge is -2.07. The fourth-order valence-electron chi connectivity index (χ4n) is 2.18. The van der Waals surface area contributed by atoms with Crippen molar-refractivity contribution in [2.45, 2.75) is 0 Å². The van der Waals surface area contributed by atoms with Crippen LogP contribution in [0.2, 0.25) is 10.0 Å². The molecular weight excluding hydrogens is 389 g/mol. The average Bonchev–Trinajstić information content (AvgIpc) is 2.66. The molecule has 2 aromatic carbocycles. The van der Waals surface area contributed by atoms with Gasteiger partial charge in [0.25, 0.3) is 11.5 Å². The van der Waals surface area contributed by atoms with Crippen LogP contribution < -0.4 is 16.3 Å². The number of hydrogen-bond acceptors (Lipinski definition) is 5. The summed E-state index contributed by atoms with van der Waals surface area (Å²) in [6.07, 6.45) is 2.87. The first-order valence-corrected chi connectivity index (χ1v) is 8.48.